The van der Waals surface area contributed by atoms with E-state index in [0.717, 1.165) is 44.9 Å². The quantitative estimate of drug-likeness (QED) is 0.783. The molecule has 1 aromatic carbocycles. The molecule has 0 radical (unpaired) electrons. The van der Waals surface area contributed by atoms with E-state index in [2.05, 4.69) is 52.0 Å². The van der Waals surface area contributed by atoms with Crippen molar-refractivity contribution in [3.63, 3.8) is 0 Å². The fraction of sp³-hybridized carbons (Fsp3) is 0.714. The van der Waals surface area contributed by atoms with Gasteiger partial charge in [-0.2, -0.15) is 0 Å². The van der Waals surface area contributed by atoms with Gasteiger partial charge in [0.25, 0.3) is 0 Å². The van der Waals surface area contributed by atoms with Gasteiger partial charge in [0, 0.05) is 57.4 Å². The summed E-state index contributed by atoms with van der Waals surface area (Å²) < 4.78 is 5.52. The average molecular weight is 380 g/mol. The Kier molecular flexibility index (Phi) is 7.35. The summed E-state index contributed by atoms with van der Waals surface area (Å²) in [6, 6.07) is 13.1. The zero-order valence-electron chi connectivity index (χ0n) is 16.1. The standard InChI is InChI=1S/C21H33N3O.ClH/c1-18(23-10-12-25-13-11-23)14-24-20-8-5-9-21(24)17-22(16-20)15-19-6-3-2-4-7-19;/h2-4,6-7,18,20-21H,5,8-17H2,1H3;1H. The summed E-state index contributed by atoms with van der Waals surface area (Å²) in [6.07, 6.45) is 4.16. The highest BCUT2D eigenvalue weighted by Gasteiger charge is 2.38. The van der Waals surface area contributed by atoms with Gasteiger partial charge in [-0.15, -0.1) is 12.4 Å². The Balaban J connectivity index is 0.00000196. The van der Waals surface area contributed by atoms with Crippen molar-refractivity contribution >= 4 is 12.4 Å². The van der Waals surface area contributed by atoms with Crippen LogP contribution in [0.3, 0.4) is 0 Å². The summed E-state index contributed by atoms with van der Waals surface area (Å²) in [6.45, 7) is 11.2. The maximum atomic E-state index is 5.52. The minimum absolute atomic E-state index is 0. The molecule has 3 atom stereocenters. The van der Waals surface area contributed by atoms with Crippen LogP contribution in [0, 0.1) is 0 Å². The van der Waals surface area contributed by atoms with Crippen molar-refractivity contribution in [1.29, 1.82) is 0 Å². The maximum Gasteiger partial charge on any atom is 0.0594 e. The molecule has 0 aromatic heterocycles. The van der Waals surface area contributed by atoms with Crippen molar-refractivity contribution in [2.24, 2.45) is 0 Å². The number of hydrogen-bond acceptors (Lipinski definition) is 4. The Morgan fingerprint density at radius 1 is 1.04 bits per heavy atom. The number of fused-ring (bicyclic) bond motifs is 2. The van der Waals surface area contributed by atoms with Crippen LogP contribution >= 0.6 is 12.4 Å². The van der Waals surface area contributed by atoms with Gasteiger partial charge in [-0.25, -0.2) is 0 Å². The summed E-state index contributed by atoms with van der Waals surface area (Å²) >= 11 is 0. The number of piperazine rings is 1. The number of halogens is 1. The number of nitrogens with zero attached hydrogens (tertiary/aromatic N) is 3. The minimum atomic E-state index is 0. The lowest BCUT2D eigenvalue weighted by Gasteiger charge is -2.52. The Morgan fingerprint density at radius 3 is 2.35 bits per heavy atom. The first-order chi connectivity index (χ1) is 12.3. The molecular weight excluding hydrogens is 346 g/mol. The van der Waals surface area contributed by atoms with Gasteiger partial charge in [-0.3, -0.25) is 14.7 Å². The second-order valence-corrected chi connectivity index (χ2v) is 8.11. The predicted octanol–water partition coefficient (Wildman–Crippen LogP) is 2.87. The summed E-state index contributed by atoms with van der Waals surface area (Å²) in [5.74, 6) is 0. The third-order valence-electron chi connectivity index (χ3n) is 6.34. The largest absolute Gasteiger partial charge is 0.379 e. The number of morpholine rings is 1. The highest BCUT2D eigenvalue weighted by atomic mass is 35.5. The molecule has 4 rings (SSSR count). The van der Waals surface area contributed by atoms with E-state index in [1.54, 1.807) is 0 Å². The number of benzene rings is 1. The third kappa shape index (κ3) is 4.79. The smallest absolute Gasteiger partial charge is 0.0594 e. The Morgan fingerprint density at radius 2 is 1.69 bits per heavy atom. The second kappa shape index (κ2) is 9.52. The molecule has 1 aromatic rings. The molecule has 3 saturated heterocycles. The van der Waals surface area contributed by atoms with Gasteiger partial charge in [0.05, 0.1) is 13.2 Å². The van der Waals surface area contributed by atoms with Crippen molar-refractivity contribution in [3.05, 3.63) is 35.9 Å². The van der Waals surface area contributed by atoms with Crippen LogP contribution in [0.1, 0.15) is 31.7 Å². The molecule has 0 saturated carbocycles. The van der Waals surface area contributed by atoms with E-state index >= 15 is 0 Å². The van der Waals surface area contributed by atoms with Crippen molar-refractivity contribution in [2.75, 3.05) is 45.9 Å². The molecule has 3 aliphatic heterocycles. The van der Waals surface area contributed by atoms with Gasteiger partial charge in [-0.05, 0) is 25.3 Å². The van der Waals surface area contributed by atoms with Gasteiger partial charge >= 0.3 is 0 Å². The Bertz CT molecular complexity index is 523. The summed E-state index contributed by atoms with van der Waals surface area (Å²) in [7, 11) is 0. The first-order valence-electron chi connectivity index (χ1n) is 10.1. The molecule has 2 bridgehead atoms. The molecule has 3 unspecified atom stereocenters. The zero-order chi connectivity index (χ0) is 17.1. The lowest BCUT2D eigenvalue weighted by molar-refractivity contribution is -0.0396. The van der Waals surface area contributed by atoms with Crippen LogP contribution in [0.2, 0.25) is 0 Å². The van der Waals surface area contributed by atoms with Gasteiger partial charge in [0.15, 0.2) is 0 Å². The molecular formula is C21H34ClN3O. The third-order valence-corrected chi connectivity index (χ3v) is 6.34. The molecule has 4 nitrogen and oxygen atoms in total. The Hall–Kier alpha value is -0.650. The van der Waals surface area contributed by atoms with E-state index in [0.29, 0.717) is 6.04 Å². The van der Waals surface area contributed by atoms with Crippen molar-refractivity contribution in [3.8, 4) is 0 Å². The van der Waals surface area contributed by atoms with Gasteiger partial charge in [0.2, 0.25) is 0 Å². The molecule has 0 N–H and O–H groups in total. The second-order valence-electron chi connectivity index (χ2n) is 8.11. The van der Waals surface area contributed by atoms with Gasteiger partial charge in [-0.1, -0.05) is 36.8 Å². The molecule has 146 valence electrons. The van der Waals surface area contributed by atoms with Crippen LogP contribution in [0.15, 0.2) is 30.3 Å². The van der Waals surface area contributed by atoms with E-state index in [1.165, 1.54) is 44.5 Å². The van der Waals surface area contributed by atoms with Crippen LogP contribution in [0.25, 0.3) is 0 Å². The van der Waals surface area contributed by atoms with E-state index in [9.17, 15) is 0 Å². The van der Waals surface area contributed by atoms with E-state index in [4.69, 9.17) is 4.74 Å². The first kappa shape index (κ1) is 20.1. The molecule has 3 heterocycles. The number of hydrogen-bond donors (Lipinski definition) is 0. The summed E-state index contributed by atoms with van der Waals surface area (Å²) in [4.78, 5) is 8.17. The lowest BCUT2D eigenvalue weighted by atomic mass is 9.90. The normalized spacial score (nSPS) is 29.1. The number of ether oxygens (including phenoxy) is 1. The minimum Gasteiger partial charge on any atom is -0.379 e. The lowest BCUT2D eigenvalue weighted by Crippen LogP contribution is -2.63. The highest BCUT2D eigenvalue weighted by Crippen LogP contribution is 2.30. The van der Waals surface area contributed by atoms with Crippen molar-refractivity contribution < 1.29 is 4.74 Å². The molecule has 5 heteroatoms. The van der Waals surface area contributed by atoms with Gasteiger partial charge in [0.1, 0.15) is 0 Å². The van der Waals surface area contributed by atoms with Crippen molar-refractivity contribution in [1.82, 2.24) is 14.7 Å². The fourth-order valence-electron chi connectivity index (χ4n) is 4.99. The number of likely N-dealkylation sites (tertiary alicyclic amines) is 1. The molecule has 3 fully saturated rings. The fourth-order valence-corrected chi connectivity index (χ4v) is 4.99. The highest BCUT2D eigenvalue weighted by molar-refractivity contribution is 5.85. The molecule has 0 amide bonds. The number of piperidine rings is 1. The molecule has 0 aliphatic carbocycles. The van der Waals surface area contributed by atoms with Crippen LogP contribution in [0.4, 0.5) is 0 Å². The average Bonchev–Trinajstić information content (AvgIpc) is 2.64. The van der Waals surface area contributed by atoms with E-state index in [-0.39, 0.29) is 12.4 Å². The molecule has 26 heavy (non-hydrogen) atoms. The first-order valence-corrected chi connectivity index (χ1v) is 10.1. The van der Waals surface area contributed by atoms with E-state index in [1.807, 2.05) is 0 Å². The number of rotatable bonds is 5. The molecule has 3 aliphatic rings. The molecule has 0 spiro atoms. The summed E-state index contributed by atoms with van der Waals surface area (Å²) in [5.41, 5.74) is 1.45. The van der Waals surface area contributed by atoms with Gasteiger partial charge < -0.3 is 4.74 Å². The van der Waals surface area contributed by atoms with E-state index < -0.39 is 0 Å². The van der Waals surface area contributed by atoms with Crippen LogP contribution in [0.5, 0.6) is 0 Å². The SMILES string of the molecule is CC(CN1C2CCCC1CN(Cc1ccccc1)C2)N1CCOCC1.Cl. The topological polar surface area (TPSA) is 19.0 Å². The van der Waals surface area contributed by atoms with Crippen LogP contribution < -0.4 is 0 Å². The Labute approximate surface area is 164 Å². The zero-order valence-corrected chi connectivity index (χ0v) is 16.9. The van der Waals surface area contributed by atoms with Crippen LogP contribution in [-0.4, -0.2) is 78.8 Å². The monoisotopic (exact) mass is 379 g/mol. The maximum absolute atomic E-state index is 5.52. The predicted molar refractivity (Wildman–Crippen MR) is 109 cm³/mol. The summed E-state index contributed by atoms with van der Waals surface area (Å²) in [5, 5.41) is 0. The van der Waals surface area contributed by atoms with Crippen molar-refractivity contribution in [2.45, 2.75) is 50.9 Å². The van der Waals surface area contributed by atoms with Crippen LogP contribution in [-0.2, 0) is 11.3 Å².